The van der Waals surface area contributed by atoms with Gasteiger partial charge in [0.25, 0.3) is 5.91 Å². The van der Waals surface area contributed by atoms with E-state index in [0.29, 0.717) is 0 Å². The summed E-state index contributed by atoms with van der Waals surface area (Å²) in [4.78, 5) is 10.4. The molecule has 0 aliphatic rings. The standard InChI is InChI=1S/C5H7N3OS/c1-10-5(8)3(2-6)4(7)9/h8H2,1H3,(H2,7,9)/b5-3+. The van der Waals surface area contributed by atoms with Crippen molar-refractivity contribution < 1.29 is 4.79 Å². The molecule has 0 atom stereocenters. The van der Waals surface area contributed by atoms with Crippen LogP contribution in [0.2, 0.25) is 0 Å². The van der Waals surface area contributed by atoms with E-state index in [-0.39, 0.29) is 10.6 Å². The summed E-state index contributed by atoms with van der Waals surface area (Å²) in [5, 5.41) is 8.46. The molecule has 0 saturated heterocycles. The van der Waals surface area contributed by atoms with Crippen LogP contribution in [0.1, 0.15) is 0 Å². The first-order valence-corrected chi connectivity index (χ1v) is 3.59. The number of primary amides is 1. The van der Waals surface area contributed by atoms with Crippen LogP contribution in [0.3, 0.4) is 0 Å². The third kappa shape index (κ3) is 1.99. The second-order valence-corrected chi connectivity index (χ2v) is 2.27. The maximum absolute atomic E-state index is 10.4. The van der Waals surface area contributed by atoms with Crippen molar-refractivity contribution in [3.8, 4) is 6.07 Å². The lowest BCUT2D eigenvalue weighted by Crippen LogP contribution is -2.16. The molecular formula is C5H7N3OS. The Kier molecular flexibility index (Phi) is 3.36. The number of rotatable bonds is 2. The van der Waals surface area contributed by atoms with Crippen molar-refractivity contribution in [1.29, 1.82) is 5.26 Å². The Morgan fingerprint density at radius 1 is 1.60 bits per heavy atom. The van der Waals surface area contributed by atoms with Gasteiger partial charge in [-0.25, -0.2) is 0 Å². The molecule has 54 valence electrons. The average Bonchev–Trinajstić information content (AvgIpc) is 1.88. The molecule has 0 radical (unpaired) electrons. The third-order valence-electron chi connectivity index (χ3n) is 0.825. The number of nitrogens with zero attached hydrogens (tertiary/aromatic N) is 1. The van der Waals surface area contributed by atoms with Gasteiger partial charge in [-0.15, -0.1) is 11.8 Å². The molecule has 4 nitrogen and oxygen atoms in total. The number of carbonyl (C=O) groups is 1. The predicted molar refractivity (Wildman–Crippen MR) is 39.5 cm³/mol. The Morgan fingerprint density at radius 2 is 2.10 bits per heavy atom. The minimum atomic E-state index is -0.783. The Labute approximate surface area is 62.9 Å². The summed E-state index contributed by atoms with van der Waals surface area (Å²) in [7, 11) is 0. The van der Waals surface area contributed by atoms with Crippen LogP contribution in [0.25, 0.3) is 0 Å². The van der Waals surface area contributed by atoms with Crippen molar-refractivity contribution in [3.63, 3.8) is 0 Å². The minimum Gasteiger partial charge on any atom is -0.392 e. The SMILES string of the molecule is CS/C(N)=C(\C#N)C(N)=O. The molecule has 0 aliphatic heterocycles. The van der Waals surface area contributed by atoms with E-state index in [9.17, 15) is 4.79 Å². The Morgan fingerprint density at radius 3 is 2.20 bits per heavy atom. The fraction of sp³-hybridized carbons (Fsp3) is 0.200. The average molecular weight is 157 g/mol. The van der Waals surface area contributed by atoms with Gasteiger partial charge in [0, 0.05) is 0 Å². The van der Waals surface area contributed by atoms with Crippen LogP contribution < -0.4 is 11.5 Å². The fourth-order valence-corrected chi connectivity index (χ4v) is 0.684. The lowest BCUT2D eigenvalue weighted by Gasteiger charge is -1.95. The Bertz CT molecular complexity index is 215. The number of nitrogens with two attached hydrogens (primary N) is 2. The van der Waals surface area contributed by atoms with Crippen LogP contribution in [0.5, 0.6) is 0 Å². The molecule has 10 heavy (non-hydrogen) atoms. The van der Waals surface area contributed by atoms with Crippen molar-refractivity contribution in [2.75, 3.05) is 6.26 Å². The number of thioether (sulfide) groups is 1. The molecular weight excluding hydrogens is 150 g/mol. The second kappa shape index (κ2) is 3.80. The van der Waals surface area contributed by atoms with Gasteiger partial charge in [0.05, 0.1) is 5.03 Å². The van der Waals surface area contributed by atoms with E-state index in [4.69, 9.17) is 16.7 Å². The molecule has 0 rings (SSSR count). The largest absolute Gasteiger partial charge is 0.392 e. The van der Waals surface area contributed by atoms with E-state index < -0.39 is 5.91 Å². The summed E-state index contributed by atoms with van der Waals surface area (Å²) in [5.41, 5.74) is 9.89. The number of hydrogen-bond acceptors (Lipinski definition) is 4. The highest BCUT2D eigenvalue weighted by molar-refractivity contribution is 8.02. The van der Waals surface area contributed by atoms with Gasteiger partial charge in [-0.2, -0.15) is 5.26 Å². The predicted octanol–water partition coefficient (Wildman–Crippen LogP) is -0.471. The zero-order valence-corrected chi connectivity index (χ0v) is 6.23. The highest BCUT2D eigenvalue weighted by Crippen LogP contribution is 2.08. The van der Waals surface area contributed by atoms with Crippen LogP contribution in [0, 0.1) is 11.3 Å². The van der Waals surface area contributed by atoms with E-state index in [2.05, 4.69) is 0 Å². The molecule has 0 saturated carbocycles. The summed E-state index contributed by atoms with van der Waals surface area (Å²) < 4.78 is 0. The quantitative estimate of drug-likeness (QED) is 0.418. The van der Waals surface area contributed by atoms with Crippen LogP contribution in [-0.2, 0) is 4.79 Å². The topological polar surface area (TPSA) is 92.9 Å². The smallest absolute Gasteiger partial charge is 0.262 e. The van der Waals surface area contributed by atoms with Gasteiger partial charge < -0.3 is 11.5 Å². The van der Waals surface area contributed by atoms with E-state index in [0.717, 1.165) is 11.8 Å². The van der Waals surface area contributed by atoms with Gasteiger partial charge >= 0.3 is 0 Å². The number of nitriles is 1. The van der Waals surface area contributed by atoms with Gasteiger partial charge in [0.15, 0.2) is 0 Å². The van der Waals surface area contributed by atoms with Crippen molar-refractivity contribution in [1.82, 2.24) is 0 Å². The van der Waals surface area contributed by atoms with Crippen molar-refractivity contribution in [2.45, 2.75) is 0 Å². The summed E-state index contributed by atoms with van der Waals surface area (Å²) >= 11 is 1.12. The maximum atomic E-state index is 10.4. The molecule has 1 amide bonds. The zero-order valence-electron chi connectivity index (χ0n) is 5.42. The van der Waals surface area contributed by atoms with E-state index in [1.165, 1.54) is 0 Å². The molecule has 5 heteroatoms. The highest BCUT2D eigenvalue weighted by atomic mass is 32.2. The lowest BCUT2D eigenvalue weighted by atomic mass is 10.3. The number of carbonyl (C=O) groups excluding carboxylic acids is 1. The molecule has 0 spiro atoms. The van der Waals surface area contributed by atoms with Gasteiger partial charge in [0.1, 0.15) is 11.6 Å². The van der Waals surface area contributed by atoms with Crippen molar-refractivity contribution in [2.24, 2.45) is 11.5 Å². The van der Waals surface area contributed by atoms with Crippen LogP contribution in [0.15, 0.2) is 10.6 Å². The van der Waals surface area contributed by atoms with Crippen LogP contribution in [0.4, 0.5) is 0 Å². The van der Waals surface area contributed by atoms with Gasteiger partial charge in [-0.3, -0.25) is 4.79 Å². The monoisotopic (exact) mass is 157 g/mol. The summed E-state index contributed by atoms with van der Waals surface area (Å²) in [6.45, 7) is 0. The summed E-state index contributed by atoms with van der Waals surface area (Å²) in [6.07, 6.45) is 1.66. The normalized spacial score (nSPS) is 11.6. The summed E-state index contributed by atoms with van der Waals surface area (Å²) in [5.74, 6) is -0.783. The van der Waals surface area contributed by atoms with E-state index >= 15 is 0 Å². The zero-order chi connectivity index (χ0) is 8.15. The fourth-order valence-electron chi connectivity index (χ4n) is 0.334. The first-order chi connectivity index (χ1) is 4.63. The molecule has 0 aromatic carbocycles. The molecule has 0 aliphatic carbocycles. The van der Waals surface area contributed by atoms with Crippen molar-refractivity contribution in [3.05, 3.63) is 10.6 Å². The molecule has 0 bridgehead atoms. The summed E-state index contributed by atoms with van der Waals surface area (Å²) in [6, 6.07) is 1.61. The molecule has 0 fully saturated rings. The highest BCUT2D eigenvalue weighted by Gasteiger charge is 2.07. The molecule has 0 unspecified atom stereocenters. The second-order valence-electron chi connectivity index (χ2n) is 1.42. The van der Waals surface area contributed by atoms with Crippen LogP contribution >= 0.6 is 11.8 Å². The number of amides is 1. The maximum Gasteiger partial charge on any atom is 0.262 e. The third-order valence-corrected chi connectivity index (χ3v) is 1.47. The first-order valence-electron chi connectivity index (χ1n) is 2.37. The molecule has 0 heterocycles. The Hall–Kier alpha value is -1.15. The van der Waals surface area contributed by atoms with E-state index in [1.807, 2.05) is 0 Å². The lowest BCUT2D eigenvalue weighted by molar-refractivity contribution is -0.114. The van der Waals surface area contributed by atoms with Crippen molar-refractivity contribution >= 4 is 17.7 Å². The van der Waals surface area contributed by atoms with Gasteiger partial charge in [0.2, 0.25) is 0 Å². The van der Waals surface area contributed by atoms with E-state index in [1.54, 1.807) is 12.3 Å². The molecule has 0 aromatic rings. The van der Waals surface area contributed by atoms with Gasteiger partial charge in [-0.05, 0) is 6.26 Å². The Balaban J connectivity index is 4.68. The number of hydrogen-bond donors (Lipinski definition) is 2. The minimum absolute atomic E-state index is 0.162. The molecule has 4 N–H and O–H groups in total. The van der Waals surface area contributed by atoms with Gasteiger partial charge in [-0.1, -0.05) is 0 Å². The van der Waals surface area contributed by atoms with Crippen LogP contribution in [-0.4, -0.2) is 12.2 Å². The molecule has 0 aromatic heterocycles. The first kappa shape index (κ1) is 8.85.